The van der Waals surface area contributed by atoms with Crippen molar-refractivity contribution in [2.45, 2.75) is 19.9 Å². The molecule has 16 heavy (non-hydrogen) atoms. The number of halogens is 1. The molecule has 1 unspecified atom stereocenters. The molecular weight excluding hydrogens is 203 g/mol. The monoisotopic (exact) mass is 220 g/mol. The van der Waals surface area contributed by atoms with Gasteiger partial charge in [-0.05, 0) is 37.1 Å². The first kappa shape index (κ1) is 12.7. The van der Waals surface area contributed by atoms with Crippen LogP contribution in [0.25, 0.3) is 0 Å². The highest BCUT2D eigenvalue weighted by atomic mass is 19.1. The molecule has 1 aromatic rings. The Hall–Kier alpha value is -1.37. The Morgan fingerprint density at radius 3 is 2.88 bits per heavy atom. The van der Waals surface area contributed by atoms with Gasteiger partial charge in [0.25, 0.3) is 0 Å². The van der Waals surface area contributed by atoms with E-state index in [2.05, 4.69) is 17.2 Å². The third-order valence-corrected chi connectivity index (χ3v) is 2.47. The highest BCUT2D eigenvalue weighted by molar-refractivity contribution is 5.30. The molecule has 86 valence electrons. The van der Waals surface area contributed by atoms with Crippen LogP contribution in [-0.4, -0.2) is 13.1 Å². The third-order valence-electron chi connectivity index (χ3n) is 2.47. The first-order valence-corrected chi connectivity index (χ1v) is 5.28. The lowest BCUT2D eigenvalue weighted by Crippen LogP contribution is -2.29. The van der Waals surface area contributed by atoms with Crippen LogP contribution in [-0.2, 0) is 0 Å². The molecule has 0 saturated heterocycles. The molecule has 0 spiro atoms. The summed E-state index contributed by atoms with van der Waals surface area (Å²) in [6.07, 6.45) is 0. The zero-order valence-electron chi connectivity index (χ0n) is 9.68. The lowest BCUT2D eigenvalue weighted by Gasteiger charge is -2.18. The third kappa shape index (κ3) is 3.34. The highest BCUT2D eigenvalue weighted by Gasteiger charge is 2.11. The standard InChI is InChI=1S/C13H17FN2/c1-3-4-7-16-13(9-15)12-8-11(14)6-5-10(12)2/h5-6,8,13,16H,7,9,15H2,1-2H3. The van der Waals surface area contributed by atoms with Gasteiger partial charge in [-0.15, -0.1) is 5.92 Å². The van der Waals surface area contributed by atoms with Crippen LogP contribution in [0.3, 0.4) is 0 Å². The quantitative estimate of drug-likeness (QED) is 0.759. The molecule has 1 aromatic carbocycles. The van der Waals surface area contributed by atoms with E-state index in [1.54, 1.807) is 13.0 Å². The number of benzene rings is 1. The van der Waals surface area contributed by atoms with Gasteiger partial charge in [-0.2, -0.15) is 0 Å². The maximum absolute atomic E-state index is 13.1. The summed E-state index contributed by atoms with van der Waals surface area (Å²) in [7, 11) is 0. The summed E-state index contributed by atoms with van der Waals surface area (Å²) in [5, 5.41) is 3.19. The van der Waals surface area contributed by atoms with Crippen LogP contribution in [0, 0.1) is 24.6 Å². The second-order valence-electron chi connectivity index (χ2n) is 3.60. The minimum Gasteiger partial charge on any atom is -0.329 e. The Bertz CT molecular complexity index is 404. The van der Waals surface area contributed by atoms with Crippen molar-refractivity contribution in [3.8, 4) is 11.8 Å². The number of hydrogen-bond donors (Lipinski definition) is 2. The largest absolute Gasteiger partial charge is 0.329 e. The summed E-state index contributed by atoms with van der Waals surface area (Å²) < 4.78 is 13.1. The first-order valence-electron chi connectivity index (χ1n) is 5.28. The second kappa shape index (κ2) is 6.26. The Morgan fingerprint density at radius 2 is 2.25 bits per heavy atom. The van der Waals surface area contributed by atoms with Gasteiger partial charge >= 0.3 is 0 Å². The molecular formula is C13H17FN2. The number of rotatable bonds is 4. The van der Waals surface area contributed by atoms with E-state index in [4.69, 9.17) is 5.73 Å². The summed E-state index contributed by atoms with van der Waals surface area (Å²) in [5.41, 5.74) is 7.61. The van der Waals surface area contributed by atoms with Gasteiger partial charge in [-0.1, -0.05) is 12.0 Å². The van der Waals surface area contributed by atoms with Crippen molar-refractivity contribution in [3.63, 3.8) is 0 Å². The molecule has 0 aromatic heterocycles. The highest BCUT2D eigenvalue weighted by Crippen LogP contribution is 2.17. The van der Waals surface area contributed by atoms with Crippen LogP contribution in [0.5, 0.6) is 0 Å². The average molecular weight is 220 g/mol. The predicted molar refractivity (Wildman–Crippen MR) is 64.4 cm³/mol. The van der Waals surface area contributed by atoms with Crippen molar-refractivity contribution >= 4 is 0 Å². The molecule has 0 saturated carbocycles. The van der Waals surface area contributed by atoms with E-state index in [1.807, 2.05) is 6.92 Å². The average Bonchev–Trinajstić information content (AvgIpc) is 2.28. The van der Waals surface area contributed by atoms with Crippen molar-refractivity contribution in [2.75, 3.05) is 13.1 Å². The van der Waals surface area contributed by atoms with Crippen LogP contribution in [0.15, 0.2) is 18.2 Å². The van der Waals surface area contributed by atoms with Crippen molar-refractivity contribution in [1.82, 2.24) is 5.32 Å². The lowest BCUT2D eigenvalue weighted by atomic mass is 10.0. The summed E-state index contributed by atoms with van der Waals surface area (Å²) in [5.74, 6) is 5.47. The Balaban J connectivity index is 2.84. The fraction of sp³-hybridized carbons (Fsp3) is 0.385. The fourth-order valence-corrected chi connectivity index (χ4v) is 1.57. The van der Waals surface area contributed by atoms with Gasteiger partial charge in [0.1, 0.15) is 5.82 Å². The molecule has 0 radical (unpaired) electrons. The maximum Gasteiger partial charge on any atom is 0.123 e. The normalized spacial score (nSPS) is 11.8. The molecule has 0 amide bonds. The van der Waals surface area contributed by atoms with E-state index >= 15 is 0 Å². The van der Waals surface area contributed by atoms with Gasteiger partial charge in [0, 0.05) is 12.6 Å². The molecule has 1 rings (SSSR count). The Kier molecular flexibility index (Phi) is 4.97. The minimum absolute atomic E-state index is 0.0449. The lowest BCUT2D eigenvalue weighted by molar-refractivity contribution is 0.567. The van der Waals surface area contributed by atoms with Gasteiger partial charge < -0.3 is 5.73 Å². The minimum atomic E-state index is -0.234. The van der Waals surface area contributed by atoms with Gasteiger partial charge in [-0.3, -0.25) is 5.32 Å². The van der Waals surface area contributed by atoms with E-state index in [0.29, 0.717) is 13.1 Å². The number of hydrogen-bond acceptors (Lipinski definition) is 2. The SMILES string of the molecule is CC#CCNC(CN)c1cc(F)ccc1C. The van der Waals surface area contributed by atoms with Crippen LogP contribution in [0.4, 0.5) is 4.39 Å². The second-order valence-corrected chi connectivity index (χ2v) is 3.60. The van der Waals surface area contributed by atoms with E-state index in [-0.39, 0.29) is 11.9 Å². The molecule has 2 nitrogen and oxygen atoms in total. The molecule has 0 fully saturated rings. The van der Waals surface area contributed by atoms with Gasteiger partial charge in [-0.25, -0.2) is 4.39 Å². The topological polar surface area (TPSA) is 38.0 Å². The molecule has 1 atom stereocenters. The van der Waals surface area contributed by atoms with Gasteiger partial charge in [0.15, 0.2) is 0 Å². The van der Waals surface area contributed by atoms with Gasteiger partial charge in [0.2, 0.25) is 0 Å². The van der Waals surface area contributed by atoms with Crippen LogP contribution in [0.2, 0.25) is 0 Å². The molecule has 0 aliphatic carbocycles. The summed E-state index contributed by atoms with van der Waals surface area (Å²) in [6.45, 7) is 4.72. The predicted octanol–water partition coefficient (Wildman–Crippen LogP) is 1.75. The summed E-state index contributed by atoms with van der Waals surface area (Å²) in [4.78, 5) is 0. The zero-order valence-corrected chi connectivity index (χ0v) is 9.68. The number of nitrogens with two attached hydrogens (primary N) is 1. The molecule has 0 aliphatic heterocycles. The molecule has 0 aliphatic rings. The van der Waals surface area contributed by atoms with E-state index < -0.39 is 0 Å². The zero-order chi connectivity index (χ0) is 12.0. The smallest absolute Gasteiger partial charge is 0.123 e. The van der Waals surface area contributed by atoms with Gasteiger partial charge in [0.05, 0.1) is 6.54 Å². The van der Waals surface area contributed by atoms with Crippen molar-refractivity contribution in [3.05, 3.63) is 35.1 Å². The molecule has 3 heteroatoms. The van der Waals surface area contributed by atoms with E-state index in [1.165, 1.54) is 12.1 Å². The van der Waals surface area contributed by atoms with Crippen LogP contribution in [0.1, 0.15) is 24.1 Å². The maximum atomic E-state index is 13.1. The first-order chi connectivity index (χ1) is 7.69. The Morgan fingerprint density at radius 1 is 1.50 bits per heavy atom. The molecule has 0 heterocycles. The Labute approximate surface area is 96.0 Å². The summed E-state index contributed by atoms with van der Waals surface area (Å²) in [6, 6.07) is 4.70. The molecule has 3 N–H and O–H groups in total. The number of nitrogens with one attached hydrogen (secondary N) is 1. The van der Waals surface area contributed by atoms with Crippen molar-refractivity contribution in [1.29, 1.82) is 0 Å². The summed E-state index contributed by atoms with van der Waals surface area (Å²) >= 11 is 0. The fourth-order valence-electron chi connectivity index (χ4n) is 1.57. The number of aryl methyl sites for hydroxylation is 1. The van der Waals surface area contributed by atoms with E-state index in [0.717, 1.165) is 11.1 Å². The van der Waals surface area contributed by atoms with E-state index in [9.17, 15) is 4.39 Å². The molecule has 0 bridgehead atoms. The van der Waals surface area contributed by atoms with Crippen molar-refractivity contribution in [2.24, 2.45) is 5.73 Å². The van der Waals surface area contributed by atoms with Crippen molar-refractivity contribution < 1.29 is 4.39 Å². The van der Waals surface area contributed by atoms with Crippen LogP contribution < -0.4 is 11.1 Å². The van der Waals surface area contributed by atoms with Crippen LogP contribution >= 0.6 is 0 Å².